The van der Waals surface area contributed by atoms with Crippen molar-refractivity contribution >= 4 is 29.5 Å². The first-order chi connectivity index (χ1) is 19.4. The fraction of sp³-hybridized carbons (Fsp3) is 0.194. The summed E-state index contributed by atoms with van der Waals surface area (Å²) in [4.78, 5) is 36.2. The maximum Gasteiger partial charge on any atom is 0.343 e. The average molecular weight is 567 g/mol. The number of hydrogen-bond acceptors (Lipinski definition) is 8. The van der Waals surface area contributed by atoms with Crippen LogP contribution in [-0.2, 0) is 19.0 Å². The highest BCUT2D eigenvalue weighted by atomic mass is 35.5. The summed E-state index contributed by atoms with van der Waals surface area (Å²) >= 11 is 5.73. The summed E-state index contributed by atoms with van der Waals surface area (Å²) in [6, 6.07) is 12.9. The van der Waals surface area contributed by atoms with Crippen LogP contribution in [0.1, 0.15) is 40.5 Å². The average Bonchev–Trinajstić information content (AvgIpc) is 2.97. The molecule has 2 rings (SSSR count). The maximum atomic E-state index is 12.7. The van der Waals surface area contributed by atoms with Gasteiger partial charge in [-0.1, -0.05) is 24.3 Å². The summed E-state index contributed by atoms with van der Waals surface area (Å²) in [5.74, 6) is -0.0943. The maximum absolute atomic E-state index is 12.7. The predicted octanol–water partition coefficient (Wildman–Crippen LogP) is 6.69. The zero-order chi connectivity index (χ0) is 29.2. The van der Waals surface area contributed by atoms with Crippen molar-refractivity contribution in [3.8, 4) is 11.5 Å². The molecule has 0 saturated carbocycles. The highest BCUT2D eigenvalue weighted by Crippen LogP contribution is 2.17. The summed E-state index contributed by atoms with van der Waals surface area (Å²) in [6.45, 7) is 5.82. The lowest BCUT2D eigenvalue weighted by Crippen LogP contribution is -2.06. The van der Waals surface area contributed by atoms with E-state index in [0.29, 0.717) is 48.7 Å². The van der Waals surface area contributed by atoms with E-state index in [4.69, 9.17) is 35.3 Å². The predicted molar refractivity (Wildman–Crippen MR) is 152 cm³/mol. The van der Waals surface area contributed by atoms with Crippen LogP contribution in [0.4, 0.5) is 0 Å². The Bertz CT molecular complexity index is 1260. The van der Waals surface area contributed by atoms with E-state index in [1.54, 1.807) is 67.6 Å². The lowest BCUT2D eigenvalue weighted by atomic mass is 10.2. The molecule has 0 amide bonds. The Morgan fingerprint density at radius 2 is 1.32 bits per heavy atom. The second kappa shape index (κ2) is 17.9. The normalized spacial score (nSPS) is 11.8. The number of allylic oxidation sites excluding steroid dienone is 5. The van der Waals surface area contributed by atoms with Gasteiger partial charge in [-0.05, 0) is 92.6 Å². The van der Waals surface area contributed by atoms with E-state index < -0.39 is 17.9 Å². The van der Waals surface area contributed by atoms with Crippen molar-refractivity contribution in [1.82, 2.24) is 0 Å². The van der Waals surface area contributed by atoms with E-state index in [1.165, 1.54) is 30.9 Å². The summed E-state index contributed by atoms with van der Waals surface area (Å²) < 4.78 is 26.6. The van der Waals surface area contributed by atoms with Gasteiger partial charge in [0.25, 0.3) is 0 Å². The molecule has 0 spiro atoms. The molecule has 0 heterocycles. The first kappa shape index (κ1) is 31.7. The molecule has 210 valence electrons. The Kier molecular flexibility index (Phi) is 14.1. The third kappa shape index (κ3) is 11.4. The molecule has 9 heteroatoms. The van der Waals surface area contributed by atoms with Crippen LogP contribution < -0.4 is 9.47 Å². The number of carbonyl (C=O) groups excluding carboxylic acids is 3. The summed E-state index contributed by atoms with van der Waals surface area (Å²) in [5.41, 5.74) is 1.83. The standard InChI is InChI=1S/C31H31ClO8/c1-4-8-27(39-30(34)23-9-13-25(36-3)14-10-23)17-18-28(19-20-32)40-31(35)24-11-15-26(16-12-24)37-21-6-7-22-38-29(33)5-2/h4-5,8-20H,2,6-7,21-22H2,1,3H3/b8-4-,20-19+,27-17+,28-18+. The van der Waals surface area contributed by atoms with Gasteiger partial charge < -0.3 is 23.7 Å². The van der Waals surface area contributed by atoms with Crippen molar-refractivity contribution in [2.24, 2.45) is 0 Å². The highest BCUT2D eigenvalue weighted by Gasteiger charge is 2.11. The topological polar surface area (TPSA) is 97.4 Å². The number of ether oxygens (including phenoxy) is 5. The molecule has 0 aliphatic heterocycles. The van der Waals surface area contributed by atoms with Gasteiger partial charge in [0.1, 0.15) is 23.0 Å². The van der Waals surface area contributed by atoms with Crippen molar-refractivity contribution in [3.05, 3.63) is 120 Å². The van der Waals surface area contributed by atoms with Crippen LogP contribution >= 0.6 is 11.6 Å². The van der Waals surface area contributed by atoms with Crippen molar-refractivity contribution in [2.45, 2.75) is 19.8 Å². The minimum atomic E-state index is -0.618. The SMILES string of the molecule is C=CC(=O)OCCCCOc1ccc(C(=O)OC(/C=C/Cl)=C/C=C(\C=C/C)OC(=O)c2ccc(OC)cc2)cc1. The van der Waals surface area contributed by atoms with E-state index in [1.807, 2.05) is 0 Å². The van der Waals surface area contributed by atoms with Crippen LogP contribution in [0.25, 0.3) is 0 Å². The molecule has 0 aromatic heterocycles. The third-order valence-electron chi connectivity index (χ3n) is 5.03. The smallest absolute Gasteiger partial charge is 0.343 e. The molecule has 0 fully saturated rings. The van der Waals surface area contributed by atoms with Gasteiger partial charge in [-0.25, -0.2) is 14.4 Å². The van der Waals surface area contributed by atoms with Crippen molar-refractivity contribution in [1.29, 1.82) is 0 Å². The molecule has 0 aliphatic carbocycles. The molecule has 0 N–H and O–H groups in total. The second-order valence-electron chi connectivity index (χ2n) is 7.89. The van der Waals surface area contributed by atoms with Crippen LogP contribution in [-0.4, -0.2) is 38.2 Å². The molecule has 2 aromatic rings. The minimum absolute atomic E-state index is 0.125. The largest absolute Gasteiger partial charge is 0.497 e. The summed E-state index contributed by atoms with van der Waals surface area (Å²) in [6.07, 6.45) is 10.1. The Morgan fingerprint density at radius 3 is 1.82 bits per heavy atom. The van der Waals surface area contributed by atoms with Crippen molar-refractivity contribution in [3.63, 3.8) is 0 Å². The molecular weight excluding hydrogens is 536 g/mol. The van der Waals surface area contributed by atoms with E-state index >= 15 is 0 Å². The number of benzene rings is 2. The Hall–Kier alpha value is -4.56. The first-order valence-electron chi connectivity index (χ1n) is 12.3. The minimum Gasteiger partial charge on any atom is -0.497 e. The van der Waals surface area contributed by atoms with Gasteiger partial charge in [0.05, 0.1) is 31.5 Å². The molecule has 0 unspecified atom stereocenters. The third-order valence-corrected chi connectivity index (χ3v) is 5.15. The van der Waals surface area contributed by atoms with Gasteiger partial charge in [-0.2, -0.15) is 0 Å². The molecule has 0 saturated heterocycles. The van der Waals surface area contributed by atoms with Crippen LogP contribution in [0, 0.1) is 0 Å². The number of esters is 3. The van der Waals surface area contributed by atoms with Crippen LogP contribution in [0.2, 0.25) is 0 Å². The van der Waals surface area contributed by atoms with E-state index in [-0.39, 0.29) is 11.5 Å². The number of halogens is 1. The lowest BCUT2D eigenvalue weighted by molar-refractivity contribution is -0.137. The molecule has 0 atom stereocenters. The molecule has 2 aromatic carbocycles. The molecule has 8 nitrogen and oxygen atoms in total. The zero-order valence-corrected chi connectivity index (χ0v) is 23.1. The van der Waals surface area contributed by atoms with Gasteiger partial charge in [-0.15, -0.1) is 0 Å². The van der Waals surface area contributed by atoms with Gasteiger partial charge >= 0.3 is 17.9 Å². The molecule has 40 heavy (non-hydrogen) atoms. The first-order valence-corrected chi connectivity index (χ1v) is 12.8. The summed E-state index contributed by atoms with van der Waals surface area (Å²) in [7, 11) is 1.54. The molecular formula is C31H31ClO8. The lowest BCUT2D eigenvalue weighted by Gasteiger charge is -2.08. The number of rotatable bonds is 15. The highest BCUT2D eigenvalue weighted by molar-refractivity contribution is 6.25. The van der Waals surface area contributed by atoms with E-state index in [0.717, 1.165) is 6.08 Å². The number of carbonyl (C=O) groups is 3. The fourth-order valence-electron chi connectivity index (χ4n) is 3.01. The Balaban J connectivity index is 1.98. The molecule has 0 aliphatic rings. The van der Waals surface area contributed by atoms with Crippen molar-refractivity contribution in [2.75, 3.05) is 20.3 Å². The number of methoxy groups -OCH3 is 1. The van der Waals surface area contributed by atoms with Gasteiger partial charge in [0.15, 0.2) is 0 Å². The Labute approximate surface area is 238 Å². The monoisotopic (exact) mass is 566 g/mol. The fourth-order valence-corrected chi connectivity index (χ4v) is 3.13. The number of hydrogen-bond donors (Lipinski definition) is 0. The molecule has 0 bridgehead atoms. The van der Waals surface area contributed by atoms with Crippen molar-refractivity contribution < 1.29 is 38.1 Å². The van der Waals surface area contributed by atoms with Crippen LogP contribution in [0.3, 0.4) is 0 Å². The van der Waals surface area contributed by atoms with Crippen LogP contribution in [0.15, 0.2) is 109 Å². The van der Waals surface area contributed by atoms with Crippen LogP contribution in [0.5, 0.6) is 11.5 Å². The quantitative estimate of drug-likeness (QED) is 0.0587. The molecule has 0 radical (unpaired) electrons. The van der Waals surface area contributed by atoms with E-state index in [9.17, 15) is 14.4 Å². The summed E-state index contributed by atoms with van der Waals surface area (Å²) in [5, 5.41) is 0. The van der Waals surface area contributed by atoms with Gasteiger partial charge in [0, 0.05) is 11.6 Å². The zero-order valence-electron chi connectivity index (χ0n) is 22.3. The van der Waals surface area contributed by atoms with Gasteiger partial charge in [0.2, 0.25) is 0 Å². The second-order valence-corrected chi connectivity index (χ2v) is 8.14. The van der Waals surface area contributed by atoms with Gasteiger partial charge in [-0.3, -0.25) is 0 Å². The van der Waals surface area contributed by atoms with E-state index in [2.05, 4.69) is 6.58 Å². The Morgan fingerprint density at radius 1 is 0.800 bits per heavy atom. The number of unbranched alkanes of at least 4 members (excludes halogenated alkanes) is 1.